The van der Waals surface area contributed by atoms with Crippen molar-refractivity contribution in [2.45, 2.75) is 44.7 Å². The van der Waals surface area contributed by atoms with Crippen LogP contribution < -0.4 is 5.32 Å². The Morgan fingerprint density at radius 3 is 2.75 bits per heavy atom. The lowest BCUT2D eigenvalue weighted by Gasteiger charge is -2.42. The third-order valence-corrected chi connectivity index (χ3v) is 4.46. The summed E-state index contributed by atoms with van der Waals surface area (Å²) in [5.41, 5.74) is 2.70. The van der Waals surface area contributed by atoms with E-state index in [9.17, 15) is 9.59 Å². The molecule has 0 bridgehead atoms. The molecule has 3 atom stereocenters. The molecule has 1 N–H and O–H groups in total. The molecule has 1 saturated heterocycles. The molecule has 0 aromatic heterocycles. The van der Waals surface area contributed by atoms with Crippen LogP contribution in [0, 0.1) is 0 Å². The molecule has 1 aromatic carbocycles. The molecule has 1 aromatic rings. The standard InChI is InChI=1S/C16H20N2O2/c1-3-14-15(19)17-10(2)16(20)18(14)9-12-8-11-6-4-5-7-13(11)12/h4-7,10,12,14H,3,8-9H2,1-2H3,(H,17,19). The molecule has 3 rings (SSSR count). The molecule has 20 heavy (non-hydrogen) atoms. The Bertz CT molecular complexity index is 555. The zero-order valence-electron chi connectivity index (χ0n) is 11.9. The van der Waals surface area contributed by atoms with Crippen molar-refractivity contribution in [3.05, 3.63) is 35.4 Å². The first-order valence-corrected chi connectivity index (χ1v) is 7.30. The summed E-state index contributed by atoms with van der Waals surface area (Å²) in [5.74, 6) is 0.398. The molecule has 1 aliphatic carbocycles. The monoisotopic (exact) mass is 272 g/mol. The van der Waals surface area contributed by atoms with Gasteiger partial charge >= 0.3 is 0 Å². The Morgan fingerprint density at radius 1 is 1.30 bits per heavy atom. The minimum atomic E-state index is -0.402. The molecule has 1 aliphatic heterocycles. The van der Waals surface area contributed by atoms with Crippen LogP contribution in [0.4, 0.5) is 0 Å². The summed E-state index contributed by atoms with van der Waals surface area (Å²) in [5, 5.41) is 2.76. The Labute approximate surface area is 119 Å². The molecule has 2 amide bonds. The second kappa shape index (κ2) is 4.93. The van der Waals surface area contributed by atoms with E-state index in [2.05, 4.69) is 17.4 Å². The minimum Gasteiger partial charge on any atom is -0.343 e. The number of nitrogens with zero attached hydrogens (tertiary/aromatic N) is 1. The van der Waals surface area contributed by atoms with Crippen molar-refractivity contribution in [1.82, 2.24) is 10.2 Å². The second-order valence-electron chi connectivity index (χ2n) is 5.74. The van der Waals surface area contributed by atoms with Gasteiger partial charge in [0.15, 0.2) is 0 Å². The van der Waals surface area contributed by atoms with Gasteiger partial charge < -0.3 is 10.2 Å². The summed E-state index contributed by atoms with van der Waals surface area (Å²) < 4.78 is 0. The smallest absolute Gasteiger partial charge is 0.245 e. The molecule has 0 spiro atoms. The molecule has 4 heteroatoms. The molecular weight excluding hydrogens is 252 g/mol. The van der Waals surface area contributed by atoms with Gasteiger partial charge in [0.25, 0.3) is 0 Å². The van der Waals surface area contributed by atoms with E-state index in [0.29, 0.717) is 18.9 Å². The summed E-state index contributed by atoms with van der Waals surface area (Å²) in [6, 6.07) is 7.63. The Hall–Kier alpha value is -1.84. The molecule has 3 unspecified atom stereocenters. The number of amides is 2. The van der Waals surface area contributed by atoms with E-state index in [4.69, 9.17) is 0 Å². The van der Waals surface area contributed by atoms with Crippen LogP contribution in [0.5, 0.6) is 0 Å². The Morgan fingerprint density at radius 2 is 2.05 bits per heavy atom. The summed E-state index contributed by atoms with van der Waals surface area (Å²) in [6.07, 6.45) is 1.67. The number of hydrogen-bond donors (Lipinski definition) is 1. The number of nitrogens with one attached hydrogen (secondary N) is 1. The SMILES string of the molecule is CCC1C(=O)NC(C)C(=O)N1CC1Cc2ccccc21. The number of rotatable bonds is 3. The summed E-state index contributed by atoms with van der Waals surface area (Å²) in [7, 11) is 0. The van der Waals surface area contributed by atoms with Crippen LogP contribution in [-0.2, 0) is 16.0 Å². The first-order chi connectivity index (χ1) is 9.61. The number of piperazine rings is 1. The maximum Gasteiger partial charge on any atom is 0.245 e. The highest BCUT2D eigenvalue weighted by molar-refractivity contribution is 5.96. The number of carbonyl (C=O) groups is 2. The van der Waals surface area contributed by atoms with Gasteiger partial charge in [-0.3, -0.25) is 9.59 Å². The lowest BCUT2D eigenvalue weighted by Crippen LogP contribution is -2.63. The van der Waals surface area contributed by atoms with E-state index in [1.807, 2.05) is 19.1 Å². The Kier molecular flexibility index (Phi) is 3.24. The summed E-state index contributed by atoms with van der Waals surface area (Å²) in [6.45, 7) is 4.37. The van der Waals surface area contributed by atoms with Gasteiger partial charge in [-0.25, -0.2) is 0 Å². The van der Waals surface area contributed by atoms with Crippen molar-refractivity contribution < 1.29 is 9.59 Å². The van der Waals surface area contributed by atoms with Crippen LogP contribution in [0.3, 0.4) is 0 Å². The van der Waals surface area contributed by atoms with E-state index in [1.165, 1.54) is 11.1 Å². The molecule has 1 heterocycles. The van der Waals surface area contributed by atoms with Crippen LogP contribution in [0.15, 0.2) is 24.3 Å². The predicted octanol–water partition coefficient (Wildman–Crippen LogP) is 1.45. The topological polar surface area (TPSA) is 49.4 Å². The van der Waals surface area contributed by atoms with Crippen LogP contribution in [0.1, 0.15) is 37.3 Å². The van der Waals surface area contributed by atoms with Crippen molar-refractivity contribution in [3.63, 3.8) is 0 Å². The van der Waals surface area contributed by atoms with Gasteiger partial charge in [0.05, 0.1) is 0 Å². The highest BCUT2D eigenvalue weighted by atomic mass is 16.2. The van der Waals surface area contributed by atoms with Crippen LogP contribution in [0.2, 0.25) is 0 Å². The highest BCUT2D eigenvalue weighted by Gasteiger charge is 2.40. The van der Waals surface area contributed by atoms with Gasteiger partial charge in [0.2, 0.25) is 11.8 Å². The summed E-state index contributed by atoms with van der Waals surface area (Å²) >= 11 is 0. The fourth-order valence-electron chi connectivity index (χ4n) is 3.30. The molecule has 2 aliphatic rings. The van der Waals surface area contributed by atoms with Gasteiger partial charge in [0, 0.05) is 12.5 Å². The first-order valence-electron chi connectivity index (χ1n) is 7.30. The van der Waals surface area contributed by atoms with Gasteiger partial charge in [-0.15, -0.1) is 0 Å². The lowest BCUT2D eigenvalue weighted by molar-refractivity contribution is -0.149. The highest BCUT2D eigenvalue weighted by Crippen LogP contribution is 2.36. The fourth-order valence-corrected chi connectivity index (χ4v) is 3.30. The van der Waals surface area contributed by atoms with Crippen molar-refractivity contribution in [3.8, 4) is 0 Å². The molecule has 1 fully saturated rings. The second-order valence-corrected chi connectivity index (χ2v) is 5.74. The molecular formula is C16H20N2O2. The van der Waals surface area contributed by atoms with E-state index < -0.39 is 6.04 Å². The van der Waals surface area contributed by atoms with Gasteiger partial charge in [0.1, 0.15) is 12.1 Å². The zero-order chi connectivity index (χ0) is 14.3. The molecule has 0 saturated carbocycles. The Balaban J connectivity index is 1.78. The van der Waals surface area contributed by atoms with Crippen LogP contribution in [-0.4, -0.2) is 35.3 Å². The van der Waals surface area contributed by atoms with Crippen molar-refractivity contribution in [2.75, 3.05) is 6.54 Å². The van der Waals surface area contributed by atoms with Crippen molar-refractivity contribution >= 4 is 11.8 Å². The predicted molar refractivity (Wildman–Crippen MR) is 76.3 cm³/mol. The quantitative estimate of drug-likeness (QED) is 0.905. The maximum atomic E-state index is 12.3. The first kappa shape index (κ1) is 13.2. The van der Waals surface area contributed by atoms with Gasteiger partial charge in [-0.1, -0.05) is 31.2 Å². The van der Waals surface area contributed by atoms with Gasteiger partial charge in [-0.2, -0.15) is 0 Å². The van der Waals surface area contributed by atoms with Crippen LogP contribution in [0.25, 0.3) is 0 Å². The van der Waals surface area contributed by atoms with Crippen molar-refractivity contribution in [2.24, 2.45) is 0 Å². The fraction of sp³-hybridized carbons (Fsp3) is 0.500. The van der Waals surface area contributed by atoms with E-state index >= 15 is 0 Å². The molecule has 4 nitrogen and oxygen atoms in total. The number of hydrogen-bond acceptors (Lipinski definition) is 2. The van der Waals surface area contributed by atoms with Crippen LogP contribution >= 0.6 is 0 Å². The van der Waals surface area contributed by atoms with E-state index in [-0.39, 0.29) is 17.9 Å². The van der Waals surface area contributed by atoms with Crippen molar-refractivity contribution in [1.29, 1.82) is 0 Å². The summed E-state index contributed by atoms with van der Waals surface area (Å²) in [4.78, 5) is 26.1. The van der Waals surface area contributed by atoms with Gasteiger partial charge in [-0.05, 0) is 30.9 Å². The minimum absolute atomic E-state index is 0.0211. The lowest BCUT2D eigenvalue weighted by atomic mass is 9.77. The number of benzene rings is 1. The van der Waals surface area contributed by atoms with E-state index in [0.717, 1.165) is 6.42 Å². The average molecular weight is 272 g/mol. The normalized spacial score (nSPS) is 28.7. The number of fused-ring (bicyclic) bond motifs is 1. The third kappa shape index (κ3) is 1.99. The molecule has 106 valence electrons. The molecule has 0 radical (unpaired) electrons. The third-order valence-electron chi connectivity index (χ3n) is 4.46. The average Bonchev–Trinajstić information content (AvgIpc) is 2.41. The zero-order valence-corrected chi connectivity index (χ0v) is 11.9. The number of carbonyl (C=O) groups excluding carboxylic acids is 2. The maximum absolute atomic E-state index is 12.3. The largest absolute Gasteiger partial charge is 0.343 e. The van der Waals surface area contributed by atoms with E-state index in [1.54, 1.807) is 11.8 Å².